The molecular formula is C40H25N5. The van der Waals surface area contributed by atoms with Gasteiger partial charge in [0.05, 0.1) is 19.3 Å². The third-order valence-corrected chi connectivity index (χ3v) is 8.94. The first-order valence-electron chi connectivity index (χ1n) is 16.0. The predicted molar refractivity (Wildman–Crippen MR) is 185 cm³/mol. The Kier molecular flexibility index (Phi) is 4.54. The summed E-state index contributed by atoms with van der Waals surface area (Å²) in [4.78, 5) is 10.2. The molecule has 0 aliphatic carbocycles. The van der Waals surface area contributed by atoms with Crippen molar-refractivity contribution < 1.29 is 2.74 Å². The van der Waals surface area contributed by atoms with E-state index in [1.165, 1.54) is 0 Å². The zero-order valence-electron chi connectivity index (χ0n) is 26.0. The highest BCUT2D eigenvalue weighted by Crippen LogP contribution is 2.38. The number of rotatable bonds is 3. The molecule has 0 aliphatic rings. The van der Waals surface area contributed by atoms with Crippen molar-refractivity contribution >= 4 is 65.8 Å². The zero-order valence-corrected chi connectivity index (χ0v) is 24.0. The van der Waals surface area contributed by atoms with Crippen molar-refractivity contribution in [1.82, 2.24) is 23.7 Å². The molecule has 0 amide bonds. The highest BCUT2D eigenvalue weighted by atomic mass is 15.1. The molecule has 0 saturated heterocycles. The number of para-hydroxylation sites is 4. The Labute approximate surface area is 260 Å². The van der Waals surface area contributed by atoms with Crippen LogP contribution in [-0.4, -0.2) is 23.7 Å². The fraction of sp³-hybridized carbons (Fsp3) is 0. The van der Waals surface area contributed by atoms with Gasteiger partial charge >= 0.3 is 0 Å². The Balaban J connectivity index is 1.31. The molecule has 0 fully saturated rings. The third kappa shape index (κ3) is 3.38. The lowest BCUT2D eigenvalue weighted by Gasteiger charge is -2.12. The van der Waals surface area contributed by atoms with Gasteiger partial charge in [-0.15, -0.1) is 0 Å². The van der Waals surface area contributed by atoms with E-state index in [0.29, 0.717) is 12.1 Å². The zero-order chi connectivity index (χ0) is 31.2. The van der Waals surface area contributed by atoms with Gasteiger partial charge in [-0.3, -0.25) is 13.7 Å². The minimum Gasteiger partial charge on any atom is -0.294 e. The first-order chi connectivity index (χ1) is 23.1. The highest BCUT2D eigenvalue weighted by Gasteiger charge is 2.20. The molecule has 45 heavy (non-hydrogen) atoms. The van der Waals surface area contributed by atoms with Crippen molar-refractivity contribution in [2.24, 2.45) is 0 Å². The molecule has 0 saturated carbocycles. The fourth-order valence-corrected chi connectivity index (χ4v) is 7.05. The normalized spacial score (nSPS) is 12.6. The summed E-state index contributed by atoms with van der Waals surface area (Å²) < 4.78 is 23.5. The summed E-state index contributed by atoms with van der Waals surface area (Å²) in [6, 6.07) is 45.9. The molecule has 0 spiro atoms. The van der Waals surface area contributed by atoms with E-state index >= 15 is 0 Å². The number of hydrogen-bond acceptors (Lipinski definition) is 2. The van der Waals surface area contributed by atoms with E-state index < -0.39 is 0 Å². The molecule has 210 valence electrons. The minimum atomic E-state index is 0.446. The smallest absolute Gasteiger partial charge is 0.148 e. The summed E-state index contributed by atoms with van der Waals surface area (Å²) in [5.41, 5.74) is 8.59. The summed E-state index contributed by atoms with van der Waals surface area (Å²) in [7, 11) is 0. The molecule has 0 N–H and O–H groups in total. The van der Waals surface area contributed by atoms with Gasteiger partial charge in [-0.25, -0.2) is 9.97 Å². The van der Waals surface area contributed by atoms with E-state index in [1.54, 1.807) is 0 Å². The molecule has 0 radical (unpaired) electrons. The van der Waals surface area contributed by atoms with Crippen LogP contribution in [0.1, 0.15) is 2.74 Å². The fourth-order valence-electron chi connectivity index (χ4n) is 7.05. The van der Waals surface area contributed by atoms with Crippen LogP contribution in [0.4, 0.5) is 0 Å². The Hall–Kier alpha value is -6.20. The van der Waals surface area contributed by atoms with Crippen LogP contribution < -0.4 is 0 Å². The van der Waals surface area contributed by atoms with E-state index in [9.17, 15) is 0 Å². The van der Waals surface area contributed by atoms with Crippen LogP contribution in [0.2, 0.25) is 0 Å². The van der Waals surface area contributed by atoms with Crippen LogP contribution in [0.25, 0.3) is 82.9 Å². The number of fused-ring (bicyclic) bond motifs is 9. The molecular weight excluding hydrogens is 550 g/mol. The van der Waals surface area contributed by atoms with Crippen molar-refractivity contribution in [2.75, 3.05) is 0 Å². The molecule has 0 atom stereocenters. The maximum atomic E-state index is 8.52. The maximum absolute atomic E-state index is 8.52. The molecule has 0 unspecified atom stereocenters. The Morgan fingerprint density at radius 2 is 0.933 bits per heavy atom. The Morgan fingerprint density at radius 1 is 0.400 bits per heavy atom. The van der Waals surface area contributed by atoms with Gasteiger partial charge in [0.1, 0.15) is 16.9 Å². The number of pyridine rings is 2. The van der Waals surface area contributed by atoms with Gasteiger partial charge in [0.15, 0.2) is 0 Å². The largest absolute Gasteiger partial charge is 0.294 e. The molecule has 5 aromatic carbocycles. The summed E-state index contributed by atoms with van der Waals surface area (Å²) in [5.74, 6) is 0. The van der Waals surface area contributed by atoms with Crippen LogP contribution >= 0.6 is 0 Å². The molecule has 10 aromatic rings. The standard InChI is InChI=1S/C40H25N5/c1-2-12-26(13-3-1)43-36-21-8-5-17-30(36)33-25-34-31-18-6-9-22-37(31)45(40(34)42-39(33)43)28-15-10-14-27(24-28)44-35-20-7-4-16-29(35)32-19-11-23-41-38(32)44/h1-25H/i5D,6D. The molecule has 5 heterocycles. The lowest BCUT2D eigenvalue weighted by Crippen LogP contribution is -2.01. The highest BCUT2D eigenvalue weighted by molar-refractivity contribution is 6.16. The number of aromatic nitrogens is 5. The van der Waals surface area contributed by atoms with E-state index in [-0.39, 0.29) is 0 Å². The van der Waals surface area contributed by atoms with E-state index in [0.717, 1.165) is 82.9 Å². The van der Waals surface area contributed by atoms with Gasteiger partial charge < -0.3 is 0 Å². The summed E-state index contributed by atoms with van der Waals surface area (Å²) in [6.07, 6.45) is 1.84. The molecule has 10 rings (SSSR count). The van der Waals surface area contributed by atoms with Crippen LogP contribution in [0.3, 0.4) is 0 Å². The molecule has 0 bridgehead atoms. The number of benzene rings is 5. The van der Waals surface area contributed by atoms with Gasteiger partial charge in [0.2, 0.25) is 0 Å². The summed E-state index contributed by atoms with van der Waals surface area (Å²) >= 11 is 0. The van der Waals surface area contributed by atoms with Gasteiger partial charge in [-0.05, 0) is 66.7 Å². The second-order valence-electron chi connectivity index (χ2n) is 11.4. The summed E-state index contributed by atoms with van der Waals surface area (Å²) in [6.45, 7) is 0. The molecule has 5 nitrogen and oxygen atoms in total. The van der Waals surface area contributed by atoms with Crippen molar-refractivity contribution in [3.05, 3.63) is 152 Å². The first kappa shape index (κ1) is 22.4. The van der Waals surface area contributed by atoms with Gasteiger partial charge in [0, 0.05) is 55.6 Å². The Bertz CT molecular complexity index is 2830. The SMILES string of the molecule is [2H]c1ccc2c(c1)c1cc3c4cc([2H])ccc4n(-c4cccc(-n5c6ccccc6c6cccnc65)c4)c3nc1n2-c1ccccc1. The lowest BCUT2D eigenvalue weighted by atomic mass is 10.1. The first-order valence-corrected chi connectivity index (χ1v) is 15.0. The topological polar surface area (TPSA) is 40.6 Å². The average molecular weight is 578 g/mol. The van der Waals surface area contributed by atoms with Crippen molar-refractivity contribution in [2.45, 2.75) is 0 Å². The number of nitrogens with zero attached hydrogens (tertiary/aromatic N) is 5. The lowest BCUT2D eigenvalue weighted by molar-refractivity contribution is 1.09. The van der Waals surface area contributed by atoms with Crippen LogP contribution in [0.15, 0.2) is 152 Å². The summed E-state index contributed by atoms with van der Waals surface area (Å²) in [5, 5.41) is 6.16. The van der Waals surface area contributed by atoms with Crippen molar-refractivity contribution in [3.8, 4) is 17.1 Å². The Morgan fingerprint density at radius 3 is 1.64 bits per heavy atom. The van der Waals surface area contributed by atoms with Gasteiger partial charge in [0.25, 0.3) is 0 Å². The van der Waals surface area contributed by atoms with Crippen molar-refractivity contribution in [1.29, 1.82) is 0 Å². The van der Waals surface area contributed by atoms with Gasteiger partial charge in [-0.2, -0.15) is 0 Å². The predicted octanol–water partition coefficient (Wildman–Crippen LogP) is 9.77. The third-order valence-electron chi connectivity index (χ3n) is 8.94. The average Bonchev–Trinajstić information content (AvgIpc) is 3.72. The van der Waals surface area contributed by atoms with Crippen LogP contribution in [0.5, 0.6) is 0 Å². The molecule has 0 aliphatic heterocycles. The monoisotopic (exact) mass is 577 g/mol. The minimum absolute atomic E-state index is 0.446. The molecule has 5 aromatic heterocycles. The second-order valence-corrected chi connectivity index (χ2v) is 11.4. The van der Waals surface area contributed by atoms with Crippen LogP contribution in [0, 0.1) is 0 Å². The second kappa shape index (κ2) is 9.15. The van der Waals surface area contributed by atoms with Crippen molar-refractivity contribution in [3.63, 3.8) is 0 Å². The number of hydrogen-bond donors (Lipinski definition) is 0. The van der Waals surface area contributed by atoms with Crippen LogP contribution in [-0.2, 0) is 0 Å². The van der Waals surface area contributed by atoms with E-state index in [2.05, 4.69) is 86.5 Å². The molecule has 5 heteroatoms. The van der Waals surface area contributed by atoms with Gasteiger partial charge in [-0.1, -0.05) is 78.8 Å². The maximum Gasteiger partial charge on any atom is 0.148 e. The van der Waals surface area contributed by atoms with E-state index in [1.807, 2.05) is 66.9 Å². The quantitative estimate of drug-likeness (QED) is 0.210. The van der Waals surface area contributed by atoms with E-state index in [4.69, 9.17) is 12.7 Å².